The van der Waals surface area contributed by atoms with E-state index in [-0.39, 0.29) is 45.4 Å². The highest BCUT2D eigenvalue weighted by molar-refractivity contribution is 8.77. The fourth-order valence-corrected chi connectivity index (χ4v) is 11.8. The zero-order valence-electron chi connectivity index (χ0n) is 36.0. The molecule has 2 aromatic carbocycles. The third-order valence-electron chi connectivity index (χ3n) is 11.5. The summed E-state index contributed by atoms with van der Waals surface area (Å²) in [4.78, 5) is 51.6. The maximum absolute atomic E-state index is 13.4. The summed E-state index contributed by atoms with van der Waals surface area (Å²) in [5, 5.41) is 20.5. The average Bonchev–Trinajstić information content (AvgIpc) is 3.65. The molecule has 0 saturated carbocycles. The molecule has 0 aliphatic heterocycles. The van der Waals surface area contributed by atoms with Crippen LogP contribution in [0.2, 0.25) is 0 Å². The molecular formula is C45H60N4O8S2. The van der Waals surface area contributed by atoms with Crippen LogP contribution >= 0.6 is 21.6 Å². The van der Waals surface area contributed by atoms with Gasteiger partial charge in [-0.1, -0.05) is 67.6 Å². The molecule has 0 aliphatic rings. The molecule has 4 aromatic rings. The molecule has 0 bridgehead atoms. The van der Waals surface area contributed by atoms with Gasteiger partial charge in [0.25, 0.3) is 23.4 Å². The lowest BCUT2D eigenvalue weighted by molar-refractivity contribution is -0.114. The third kappa shape index (κ3) is 9.49. The summed E-state index contributed by atoms with van der Waals surface area (Å²) < 4.78 is 15.4. The highest BCUT2D eigenvalue weighted by Gasteiger charge is 2.42. The molecule has 59 heavy (non-hydrogen) atoms. The molecule has 0 fully saturated rings. The number of ketones is 2. The highest BCUT2D eigenvalue weighted by Crippen LogP contribution is 2.54. The quantitative estimate of drug-likeness (QED) is 0.0257. The molecule has 4 rings (SSSR count). The molecule has 3 atom stereocenters. The summed E-state index contributed by atoms with van der Waals surface area (Å²) >= 11 is 0. The highest BCUT2D eigenvalue weighted by atomic mass is 33.1. The van der Waals surface area contributed by atoms with E-state index in [2.05, 4.69) is 77.7 Å². The summed E-state index contributed by atoms with van der Waals surface area (Å²) in [5.74, 6) is -3.47. The van der Waals surface area contributed by atoms with Crippen LogP contribution in [0.1, 0.15) is 120 Å². The second-order valence-corrected chi connectivity index (χ2v) is 20.2. The van der Waals surface area contributed by atoms with Crippen LogP contribution in [0.4, 0.5) is 0 Å². The lowest BCUT2D eigenvalue weighted by atomic mass is 9.85. The van der Waals surface area contributed by atoms with Crippen LogP contribution in [0.15, 0.2) is 61.1 Å². The number of ether oxygens (including phenoxy) is 2. The Labute approximate surface area is 355 Å². The van der Waals surface area contributed by atoms with E-state index in [1.165, 1.54) is 0 Å². The van der Waals surface area contributed by atoms with E-state index in [1.54, 1.807) is 22.9 Å². The van der Waals surface area contributed by atoms with E-state index in [0.717, 1.165) is 6.42 Å². The van der Waals surface area contributed by atoms with Crippen LogP contribution < -0.4 is 20.9 Å². The first-order valence-corrected chi connectivity index (χ1v) is 21.9. The fourth-order valence-electron chi connectivity index (χ4n) is 8.52. The van der Waals surface area contributed by atoms with Crippen LogP contribution in [0.25, 0.3) is 21.8 Å². The van der Waals surface area contributed by atoms with E-state index in [0.29, 0.717) is 70.4 Å². The zero-order valence-corrected chi connectivity index (χ0v) is 37.7. The first kappa shape index (κ1) is 46.9. The van der Waals surface area contributed by atoms with Crippen molar-refractivity contribution in [3.63, 3.8) is 0 Å². The molecule has 2 aromatic heterocycles. The Morgan fingerprint density at radius 3 is 1.39 bits per heavy atom. The van der Waals surface area contributed by atoms with E-state index >= 15 is 0 Å². The van der Waals surface area contributed by atoms with Gasteiger partial charge in [-0.3, -0.25) is 19.2 Å². The van der Waals surface area contributed by atoms with Crippen molar-refractivity contribution < 1.29 is 38.9 Å². The third-order valence-corrected chi connectivity index (χ3v) is 15.8. The molecule has 12 nitrogen and oxygen atoms in total. The van der Waals surface area contributed by atoms with Crippen molar-refractivity contribution in [3.8, 4) is 11.5 Å². The van der Waals surface area contributed by atoms with Gasteiger partial charge >= 0.3 is 0 Å². The maximum Gasteiger partial charge on any atom is 0.289 e. The number of primary amides is 2. The predicted molar refractivity (Wildman–Crippen MR) is 240 cm³/mol. The minimum atomic E-state index is -1.07. The predicted octanol–water partition coefficient (Wildman–Crippen LogP) is 9.51. The number of nitrogens with zero attached hydrogens (tertiary/aromatic N) is 2. The summed E-state index contributed by atoms with van der Waals surface area (Å²) in [6.07, 6.45) is 3.58. The molecule has 0 aliphatic carbocycles. The number of rotatable bonds is 22. The number of carbonyl (C=O) groups is 4. The van der Waals surface area contributed by atoms with Crippen LogP contribution in [-0.2, 0) is 20.7 Å². The topological polar surface area (TPSA) is 189 Å². The first-order valence-electron chi connectivity index (χ1n) is 19.7. The normalized spacial score (nSPS) is 14.9. The maximum atomic E-state index is 13.4. The van der Waals surface area contributed by atoms with Crippen LogP contribution in [-0.4, -0.2) is 65.4 Å². The first-order chi connectivity index (χ1) is 27.4. The number of aliphatic hydroxyl groups is 2. The summed E-state index contributed by atoms with van der Waals surface area (Å²) in [7, 11) is 3.61. The fraction of sp³-hybridized carbons (Fsp3) is 0.467. The van der Waals surface area contributed by atoms with Gasteiger partial charge in [-0.2, -0.15) is 0 Å². The van der Waals surface area contributed by atoms with Gasteiger partial charge in [0.2, 0.25) is 0 Å². The van der Waals surface area contributed by atoms with Crippen molar-refractivity contribution in [2.75, 3.05) is 13.2 Å². The number of aromatic nitrogens is 2. The second kappa shape index (κ2) is 17.8. The van der Waals surface area contributed by atoms with Crippen molar-refractivity contribution in [2.45, 2.75) is 122 Å². The van der Waals surface area contributed by atoms with Gasteiger partial charge in [-0.15, -0.1) is 0 Å². The van der Waals surface area contributed by atoms with Crippen molar-refractivity contribution in [1.29, 1.82) is 0 Å². The van der Waals surface area contributed by atoms with E-state index in [4.69, 9.17) is 20.9 Å². The Balaban J connectivity index is 1.75. The standard InChI is InChI=1S/C45H60N4O8S2/c1-13-43(10,48-28(6)34(38(52)40(46)54)36-30(48)18-16-20-32(36)56-22-26(4)50)24-42(8,9)58-59-45(12,15-3)25-44(11,14-2)49-29(7)35(39(53)41(47)55)37-31(49)19-17-21-33(37)57-23-27(5)51/h16-21,50-51H,4-5,13-15,22-25H2,1-3,6-12H3,(H2,46,54)(H2,47,55). The second-order valence-electron chi connectivity index (χ2n) is 16.8. The number of amides is 2. The summed E-state index contributed by atoms with van der Waals surface area (Å²) in [6, 6.07) is 10.8. The number of benzene rings is 2. The minimum Gasteiger partial charge on any atom is -0.509 e. The van der Waals surface area contributed by atoms with Gasteiger partial charge in [0.1, 0.15) is 36.2 Å². The van der Waals surface area contributed by atoms with Gasteiger partial charge in [0.05, 0.1) is 32.9 Å². The van der Waals surface area contributed by atoms with Gasteiger partial charge < -0.3 is 40.3 Å². The number of hydrogen-bond donors (Lipinski definition) is 4. The largest absolute Gasteiger partial charge is 0.509 e. The molecule has 2 amide bonds. The van der Waals surface area contributed by atoms with Crippen LogP contribution in [0, 0.1) is 13.8 Å². The minimum absolute atomic E-state index is 0.176. The number of hydrogen-bond acceptors (Lipinski definition) is 10. The van der Waals surface area contributed by atoms with Gasteiger partial charge in [-0.25, -0.2) is 0 Å². The monoisotopic (exact) mass is 848 g/mol. The van der Waals surface area contributed by atoms with Gasteiger partial charge in [0, 0.05) is 32.0 Å². The molecule has 0 spiro atoms. The lowest BCUT2D eigenvalue weighted by Crippen LogP contribution is -2.39. The lowest BCUT2D eigenvalue weighted by Gasteiger charge is -2.43. The number of carbonyl (C=O) groups excluding carboxylic acids is 4. The van der Waals surface area contributed by atoms with Crippen molar-refractivity contribution in [1.82, 2.24) is 9.13 Å². The Hall–Kier alpha value is -4.82. The van der Waals surface area contributed by atoms with Crippen molar-refractivity contribution >= 4 is 66.8 Å². The summed E-state index contributed by atoms with van der Waals surface area (Å²) in [6.45, 7) is 27.7. The number of Topliss-reactive ketones (excluding diaryl/α,β-unsaturated/α-hetero) is 2. The molecule has 6 N–H and O–H groups in total. The molecular weight excluding hydrogens is 789 g/mol. The molecule has 320 valence electrons. The Bertz CT molecular complexity index is 2330. The SMILES string of the molecule is C=C(O)COc1cccc2c1c(C(=O)C(N)=O)c(C)n2C(C)(CC)CC(C)(C)SSC(C)(CC)CC(C)(CC)n1c(C)c(C(=O)C(N)=O)c2c(OCC(=C)O)cccc21. The van der Waals surface area contributed by atoms with E-state index in [1.807, 2.05) is 48.9 Å². The summed E-state index contributed by atoms with van der Waals surface area (Å²) in [5.41, 5.74) is 13.1. The average molecular weight is 849 g/mol. The van der Waals surface area contributed by atoms with Crippen LogP contribution in [0.5, 0.6) is 11.5 Å². The number of fused-ring (bicyclic) bond motifs is 2. The van der Waals surface area contributed by atoms with E-state index < -0.39 is 34.5 Å². The zero-order chi connectivity index (χ0) is 44.4. The van der Waals surface area contributed by atoms with Gasteiger partial charge in [-0.05, 0) is 105 Å². The smallest absolute Gasteiger partial charge is 0.289 e. The number of aliphatic hydroxyl groups excluding tert-OH is 2. The molecule has 14 heteroatoms. The van der Waals surface area contributed by atoms with E-state index in [9.17, 15) is 29.4 Å². The van der Waals surface area contributed by atoms with Crippen molar-refractivity contribution in [2.24, 2.45) is 11.5 Å². The Morgan fingerprint density at radius 1 is 0.661 bits per heavy atom. The number of nitrogens with two attached hydrogens (primary N) is 2. The molecule has 0 radical (unpaired) electrons. The Morgan fingerprint density at radius 2 is 1.05 bits per heavy atom. The van der Waals surface area contributed by atoms with Crippen LogP contribution in [0.3, 0.4) is 0 Å². The van der Waals surface area contributed by atoms with Crippen molar-refractivity contribution in [3.05, 3.63) is 83.6 Å². The molecule has 3 unspecified atom stereocenters. The van der Waals surface area contributed by atoms with Gasteiger partial charge in [0.15, 0.2) is 0 Å². The molecule has 2 heterocycles. The Kier molecular flexibility index (Phi) is 14.1. The molecule has 0 saturated heterocycles.